The molecule has 0 fully saturated rings. The standard InChI is InChI=1S/C12H24O3/c1-3-5-6-7-8-9-11-14-15-12(13)10-4-2/h3-11H2,1-2H3. The minimum atomic E-state index is -0.261. The Morgan fingerprint density at radius 2 is 1.60 bits per heavy atom. The van der Waals surface area contributed by atoms with Gasteiger partial charge in [-0.2, -0.15) is 4.89 Å². The molecule has 0 N–H and O–H groups in total. The Morgan fingerprint density at radius 1 is 0.933 bits per heavy atom. The Bertz CT molecular complexity index is 146. The summed E-state index contributed by atoms with van der Waals surface area (Å²) < 4.78 is 0. The van der Waals surface area contributed by atoms with E-state index in [1.807, 2.05) is 6.92 Å². The molecule has 0 aromatic heterocycles. The molecule has 0 bridgehead atoms. The van der Waals surface area contributed by atoms with E-state index >= 15 is 0 Å². The molecule has 0 atom stereocenters. The van der Waals surface area contributed by atoms with Crippen LogP contribution < -0.4 is 0 Å². The lowest BCUT2D eigenvalue weighted by Gasteiger charge is -2.02. The molecule has 0 radical (unpaired) electrons. The summed E-state index contributed by atoms with van der Waals surface area (Å²) in [5, 5.41) is 0. The van der Waals surface area contributed by atoms with Crippen molar-refractivity contribution in [2.24, 2.45) is 0 Å². The monoisotopic (exact) mass is 216 g/mol. The van der Waals surface area contributed by atoms with Crippen molar-refractivity contribution < 1.29 is 14.6 Å². The molecule has 0 rings (SSSR count). The molecular formula is C12H24O3. The van der Waals surface area contributed by atoms with Crippen LogP contribution in [0.1, 0.15) is 65.2 Å². The lowest BCUT2D eigenvalue weighted by atomic mass is 10.1. The van der Waals surface area contributed by atoms with E-state index in [1.165, 1.54) is 25.7 Å². The van der Waals surface area contributed by atoms with E-state index in [4.69, 9.17) is 4.89 Å². The lowest BCUT2D eigenvalue weighted by molar-refractivity contribution is -0.272. The largest absolute Gasteiger partial charge is 0.342 e. The van der Waals surface area contributed by atoms with Crippen LogP contribution in [0, 0.1) is 0 Å². The smallest absolute Gasteiger partial charge is 0.298 e. The van der Waals surface area contributed by atoms with Crippen molar-refractivity contribution in [3.63, 3.8) is 0 Å². The number of carbonyl (C=O) groups is 1. The van der Waals surface area contributed by atoms with Gasteiger partial charge >= 0.3 is 5.97 Å². The van der Waals surface area contributed by atoms with Gasteiger partial charge in [0.25, 0.3) is 0 Å². The van der Waals surface area contributed by atoms with Crippen molar-refractivity contribution in [2.75, 3.05) is 6.61 Å². The molecule has 0 amide bonds. The summed E-state index contributed by atoms with van der Waals surface area (Å²) in [6, 6.07) is 0. The summed E-state index contributed by atoms with van der Waals surface area (Å²) in [6.07, 6.45) is 8.51. The third-order valence-electron chi connectivity index (χ3n) is 2.19. The van der Waals surface area contributed by atoms with Gasteiger partial charge in [-0.05, 0) is 12.8 Å². The highest BCUT2D eigenvalue weighted by Crippen LogP contribution is 2.05. The zero-order valence-electron chi connectivity index (χ0n) is 10.1. The average Bonchev–Trinajstić information content (AvgIpc) is 2.22. The number of hydrogen-bond acceptors (Lipinski definition) is 3. The summed E-state index contributed by atoms with van der Waals surface area (Å²) in [4.78, 5) is 20.2. The second-order valence-corrected chi connectivity index (χ2v) is 3.80. The van der Waals surface area contributed by atoms with E-state index in [1.54, 1.807) is 0 Å². The molecule has 3 heteroatoms. The third-order valence-corrected chi connectivity index (χ3v) is 2.19. The average molecular weight is 216 g/mol. The minimum Gasteiger partial charge on any atom is -0.298 e. The van der Waals surface area contributed by atoms with Gasteiger partial charge in [-0.1, -0.05) is 46.0 Å². The van der Waals surface area contributed by atoms with E-state index in [9.17, 15) is 4.79 Å². The van der Waals surface area contributed by atoms with Crippen molar-refractivity contribution in [1.82, 2.24) is 0 Å². The minimum absolute atomic E-state index is 0.261. The topological polar surface area (TPSA) is 35.5 Å². The molecule has 0 unspecified atom stereocenters. The first-order chi connectivity index (χ1) is 7.31. The Labute approximate surface area is 93.1 Å². The fourth-order valence-electron chi connectivity index (χ4n) is 1.29. The molecule has 0 aliphatic rings. The van der Waals surface area contributed by atoms with Crippen LogP contribution in [0.4, 0.5) is 0 Å². The van der Waals surface area contributed by atoms with Gasteiger partial charge < -0.3 is 0 Å². The van der Waals surface area contributed by atoms with Crippen LogP contribution >= 0.6 is 0 Å². The summed E-state index contributed by atoms with van der Waals surface area (Å²) in [5.41, 5.74) is 0. The van der Waals surface area contributed by atoms with Gasteiger partial charge in [0.2, 0.25) is 0 Å². The van der Waals surface area contributed by atoms with Crippen LogP contribution in [0.15, 0.2) is 0 Å². The number of rotatable bonds is 10. The second kappa shape index (κ2) is 11.5. The van der Waals surface area contributed by atoms with Gasteiger partial charge in [0.15, 0.2) is 0 Å². The van der Waals surface area contributed by atoms with E-state index in [0.29, 0.717) is 13.0 Å². The van der Waals surface area contributed by atoms with E-state index < -0.39 is 0 Å². The predicted molar refractivity (Wildman–Crippen MR) is 60.3 cm³/mol. The van der Waals surface area contributed by atoms with Crippen molar-refractivity contribution in [3.8, 4) is 0 Å². The summed E-state index contributed by atoms with van der Waals surface area (Å²) in [6.45, 7) is 4.67. The van der Waals surface area contributed by atoms with Crippen molar-refractivity contribution >= 4 is 5.97 Å². The van der Waals surface area contributed by atoms with E-state index in [2.05, 4.69) is 11.8 Å². The quantitative estimate of drug-likeness (QED) is 0.318. The highest BCUT2D eigenvalue weighted by molar-refractivity contribution is 5.68. The Balaban J connectivity index is 3.01. The van der Waals surface area contributed by atoms with Gasteiger partial charge in [-0.3, -0.25) is 4.89 Å². The highest BCUT2D eigenvalue weighted by atomic mass is 17.2. The molecule has 0 aliphatic heterocycles. The highest BCUT2D eigenvalue weighted by Gasteiger charge is 2.00. The van der Waals surface area contributed by atoms with Crippen LogP contribution in [0.3, 0.4) is 0 Å². The first-order valence-corrected chi connectivity index (χ1v) is 6.13. The lowest BCUT2D eigenvalue weighted by Crippen LogP contribution is -2.05. The number of carbonyl (C=O) groups excluding carboxylic acids is 1. The van der Waals surface area contributed by atoms with Crippen molar-refractivity contribution in [1.29, 1.82) is 0 Å². The Morgan fingerprint density at radius 3 is 2.27 bits per heavy atom. The zero-order valence-corrected chi connectivity index (χ0v) is 10.1. The van der Waals surface area contributed by atoms with Crippen molar-refractivity contribution in [2.45, 2.75) is 65.2 Å². The van der Waals surface area contributed by atoms with Crippen LogP contribution in [0.2, 0.25) is 0 Å². The SMILES string of the molecule is CCCCCCCCOOC(=O)CCC. The molecule has 0 aliphatic carbocycles. The van der Waals surface area contributed by atoms with E-state index in [0.717, 1.165) is 19.3 Å². The third kappa shape index (κ3) is 11.4. The summed E-state index contributed by atoms with van der Waals surface area (Å²) >= 11 is 0. The fraction of sp³-hybridized carbons (Fsp3) is 0.917. The molecule has 0 aromatic carbocycles. The number of hydrogen-bond donors (Lipinski definition) is 0. The normalized spacial score (nSPS) is 10.3. The molecule has 90 valence electrons. The number of unbranched alkanes of at least 4 members (excludes halogenated alkanes) is 5. The van der Waals surface area contributed by atoms with Gasteiger partial charge in [0.1, 0.15) is 0 Å². The molecule has 0 saturated carbocycles. The summed E-state index contributed by atoms with van der Waals surface area (Å²) in [5.74, 6) is -0.261. The second-order valence-electron chi connectivity index (χ2n) is 3.80. The zero-order chi connectivity index (χ0) is 11.4. The first kappa shape index (κ1) is 14.4. The molecule has 15 heavy (non-hydrogen) atoms. The summed E-state index contributed by atoms with van der Waals surface area (Å²) in [7, 11) is 0. The Kier molecular flexibility index (Phi) is 11.1. The maximum atomic E-state index is 10.9. The van der Waals surface area contributed by atoms with Crippen LogP contribution in [0.25, 0.3) is 0 Å². The van der Waals surface area contributed by atoms with Crippen LogP contribution in [0.5, 0.6) is 0 Å². The Hall–Kier alpha value is -0.570. The van der Waals surface area contributed by atoms with Crippen LogP contribution in [-0.4, -0.2) is 12.6 Å². The van der Waals surface area contributed by atoms with Crippen LogP contribution in [-0.2, 0) is 14.6 Å². The molecular weight excluding hydrogens is 192 g/mol. The molecule has 3 nitrogen and oxygen atoms in total. The molecule has 0 spiro atoms. The van der Waals surface area contributed by atoms with Gasteiger partial charge in [-0.15, -0.1) is 0 Å². The predicted octanol–water partition coefficient (Wildman–Crippen LogP) is 3.62. The fourth-order valence-corrected chi connectivity index (χ4v) is 1.29. The molecule has 0 heterocycles. The van der Waals surface area contributed by atoms with Crippen molar-refractivity contribution in [3.05, 3.63) is 0 Å². The van der Waals surface area contributed by atoms with Gasteiger partial charge in [0, 0.05) is 6.42 Å². The molecule has 0 aromatic rings. The maximum absolute atomic E-state index is 10.9. The first-order valence-electron chi connectivity index (χ1n) is 6.13. The van der Waals surface area contributed by atoms with E-state index in [-0.39, 0.29) is 5.97 Å². The molecule has 0 saturated heterocycles. The van der Waals surface area contributed by atoms with Gasteiger partial charge in [0.05, 0.1) is 6.61 Å². The van der Waals surface area contributed by atoms with Gasteiger partial charge in [-0.25, -0.2) is 4.79 Å². The maximum Gasteiger partial charge on any atom is 0.342 e.